The molecule has 0 spiro atoms. The minimum absolute atomic E-state index is 0.282. The van der Waals surface area contributed by atoms with Crippen LogP contribution in [-0.4, -0.2) is 12.7 Å². The highest BCUT2D eigenvalue weighted by molar-refractivity contribution is 4.78. The monoisotopic (exact) mass is 86.1 g/mol. The van der Waals surface area contributed by atoms with E-state index in [1.807, 2.05) is 0 Å². The molecular formula is C4H10N2. The molecule has 0 bridgehead atoms. The maximum Gasteiger partial charge on any atom is 0.0585 e. The highest BCUT2D eigenvalue weighted by Gasteiger charge is 2.20. The number of nitrogens with two attached hydrogens (primary N) is 1. The van der Waals surface area contributed by atoms with Crippen molar-refractivity contribution >= 4 is 0 Å². The molecule has 2 unspecified atom stereocenters. The Labute approximate surface area is 37.7 Å². The molecule has 1 heterocycles. The van der Waals surface area contributed by atoms with Crippen molar-refractivity contribution in [2.45, 2.75) is 13.1 Å². The summed E-state index contributed by atoms with van der Waals surface area (Å²) in [7, 11) is 0. The van der Waals surface area contributed by atoms with Gasteiger partial charge in [0.25, 0.3) is 0 Å². The summed E-state index contributed by atoms with van der Waals surface area (Å²) in [6.07, 6.45) is 0.282. The average molecular weight is 86.1 g/mol. The zero-order valence-corrected chi connectivity index (χ0v) is 3.94. The second-order valence-corrected chi connectivity index (χ2v) is 1.91. The molecule has 1 aliphatic heterocycles. The number of hydrogen-bond acceptors (Lipinski definition) is 2. The van der Waals surface area contributed by atoms with Crippen LogP contribution in [0.25, 0.3) is 0 Å². The number of nitrogens with one attached hydrogen (secondary N) is 1. The van der Waals surface area contributed by atoms with E-state index in [4.69, 9.17) is 5.73 Å². The molecule has 6 heavy (non-hydrogen) atoms. The molecular weight excluding hydrogens is 76.1 g/mol. The van der Waals surface area contributed by atoms with E-state index < -0.39 is 0 Å². The van der Waals surface area contributed by atoms with Gasteiger partial charge in [-0.15, -0.1) is 0 Å². The summed E-state index contributed by atoms with van der Waals surface area (Å²) in [4.78, 5) is 0. The normalized spacial score (nSPS) is 45.0. The number of hydrogen-bond donors (Lipinski definition) is 2. The predicted octanol–water partition coefficient (Wildman–Crippen LogP) is -0.489. The Morgan fingerprint density at radius 1 is 1.83 bits per heavy atom. The topological polar surface area (TPSA) is 38.0 Å². The molecule has 0 saturated carbocycles. The van der Waals surface area contributed by atoms with Gasteiger partial charge in [0.2, 0.25) is 0 Å². The molecule has 0 aromatic heterocycles. The van der Waals surface area contributed by atoms with Crippen LogP contribution in [0.4, 0.5) is 0 Å². The fraction of sp³-hybridized carbons (Fsp3) is 1.00. The van der Waals surface area contributed by atoms with Gasteiger partial charge < -0.3 is 11.1 Å². The van der Waals surface area contributed by atoms with Crippen LogP contribution in [0.3, 0.4) is 0 Å². The highest BCUT2D eigenvalue weighted by Crippen LogP contribution is 2.03. The number of rotatable bonds is 0. The van der Waals surface area contributed by atoms with Crippen LogP contribution in [0.5, 0.6) is 0 Å². The molecule has 36 valence electrons. The van der Waals surface area contributed by atoms with Crippen LogP contribution < -0.4 is 11.1 Å². The summed E-state index contributed by atoms with van der Waals surface area (Å²) < 4.78 is 0. The van der Waals surface area contributed by atoms with E-state index in [-0.39, 0.29) is 6.17 Å². The summed E-state index contributed by atoms with van der Waals surface area (Å²) in [6, 6.07) is 0. The van der Waals surface area contributed by atoms with E-state index in [2.05, 4.69) is 12.2 Å². The van der Waals surface area contributed by atoms with Gasteiger partial charge in [0.05, 0.1) is 6.17 Å². The van der Waals surface area contributed by atoms with Crippen molar-refractivity contribution < 1.29 is 0 Å². The Morgan fingerprint density at radius 3 is 2.33 bits per heavy atom. The summed E-state index contributed by atoms with van der Waals surface area (Å²) in [6.45, 7) is 3.24. The molecule has 1 saturated heterocycles. The van der Waals surface area contributed by atoms with Crippen LogP contribution in [0.2, 0.25) is 0 Å². The Kier molecular flexibility index (Phi) is 0.821. The second kappa shape index (κ2) is 1.21. The lowest BCUT2D eigenvalue weighted by atomic mass is 10.0. The molecule has 2 heteroatoms. The zero-order valence-electron chi connectivity index (χ0n) is 3.94. The summed E-state index contributed by atoms with van der Waals surface area (Å²) in [5, 5.41) is 3.04. The van der Waals surface area contributed by atoms with Gasteiger partial charge in [-0.2, -0.15) is 0 Å². The molecule has 1 rings (SSSR count). The third-order valence-electron chi connectivity index (χ3n) is 1.29. The van der Waals surface area contributed by atoms with E-state index in [1.165, 1.54) is 0 Å². The molecule has 1 fully saturated rings. The largest absolute Gasteiger partial charge is 0.316 e. The van der Waals surface area contributed by atoms with Gasteiger partial charge in [-0.3, -0.25) is 0 Å². The molecule has 1 aliphatic rings. The van der Waals surface area contributed by atoms with Crippen LogP contribution >= 0.6 is 0 Å². The third kappa shape index (κ3) is 0.420. The average Bonchev–Trinajstić information content (AvgIpc) is 1.61. The van der Waals surface area contributed by atoms with Crippen molar-refractivity contribution in [3.05, 3.63) is 0 Å². The van der Waals surface area contributed by atoms with Gasteiger partial charge in [0.15, 0.2) is 0 Å². The second-order valence-electron chi connectivity index (χ2n) is 1.91. The molecule has 0 amide bonds. The lowest BCUT2D eigenvalue weighted by molar-refractivity contribution is 0.261. The van der Waals surface area contributed by atoms with Crippen LogP contribution in [0, 0.1) is 5.92 Å². The van der Waals surface area contributed by atoms with Crippen molar-refractivity contribution in [1.29, 1.82) is 0 Å². The van der Waals surface area contributed by atoms with E-state index in [1.54, 1.807) is 0 Å². The molecule has 0 aromatic carbocycles. The summed E-state index contributed by atoms with van der Waals surface area (Å²) >= 11 is 0. The van der Waals surface area contributed by atoms with Crippen LogP contribution in [0.1, 0.15) is 6.92 Å². The maximum absolute atomic E-state index is 5.41. The lowest BCUT2D eigenvalue weighted by Gasteiger charge is -2.31. The smallest absolute Gasteiger partial charge is 0.0585 e. The molecule has 0 radical (unpaired) electrons. The van der Waals surface area contributed by atoms with Gasteiger partial charge in [0, 0.05) is 6.54 Å². The quantitative estimate of drug-likeness (QED) is 0.417. The molecule has 2 nitrogen and oxygen atoms in total. The molecule has 0 aromatic rings. The van der Waals surface area contributed by atoms with Gasteiger partial charge in [-0.25, -0.2) is 0 Å². The van der Waals surface area contributed by atoms with Gasteiger partial charge in [0.1, 0.15) is 0 Å². The first-order chi connectivity index (χ1) is 2.80. The fourth-order valence-corrected chi connectivity index (χ4v) is 0.490. The van der Waals surface area contributed by atoms with Crippen molar-refractivity contribution in [3.8, 4) is 0 Å². The summed E-state index contributed by atoms with van der Waals surface area (Å²) in [5.74, 6) is 0.699. The first-order valence-electron chi connectivity index (χ1n) is 2.29. The highest BCUT2D eigenvalue weighted by atomic mass is 15.1. The lowest BCUT2D eigenvalue weighted by Crippen LogP contribution is -2.57. The third-order valence-corrected chi connectivity index (χ3v) is 1.29. The maximum atomic E-state index is 5.41. The van der Waals surface area contributed by atoms with Crippen molar-refractivity contribution in [1.82, 2.24) is 5.32 Å². The minimum Gasteiger partial charge on any atom is -0.316 e. The Hall–Kier alpha value is -0.0800. The van der Waals surface area contributed by atoms with Crippen molar-refractivity contribution in [2.24, 2.45) is 11.7 Å². The Morgan fingerprint density at radius 2 is 2.33 bits per heavy atom. The first kappa shape index (κ1) is 4.09. The van der Waals surface area contributed by atoms with Crippen LogP contribution in [0.15, 0.2) is 0 Å². The van der Waals surface area contributed by atoms with Crippen molar-refractivity contribution in [3.63, 3.8) is 0 Å². The van der Waals surface area contributed by atoms with E-state index >= 15 is 0 Å². The predicted molar refractivity (Wildman–Crippen MR) is 25.1 cm³/mol. The van der Waals surface area contributed by atoms with E-state index in [0.717, 1.165) is 6.54 Å². The molecule has 3 N–H and O–H groups in total. The van der Waals surface area contributed by atoms with Gasteiger partial charge in [-0.1, -0.05) is 6.92 Å². The Bertz CT molecular complexity index is 45.5. The standard InChI is InChI=1S/C4H10N2/c1-3-2-6-4(3)5/h3-4,6H,2,5H2,1H3. The molecule has 0 aliphatic carbocycles. The Balaban J connectivity index is 2.20. The summed E-state index contributed by atoms with van der Waals surface area (Å²) in [5.41, 5.74) is 5.41. The first-order valence-corrected chi connectivity index (χ1v) is 2.29. The SMILES string of the molecule is CC1CNC1N. The fourth-order valence-electron chi connectivity index (χ4n) is 0.490. The van der Waals surface area contributed by atoms with Crippen molar-refractivity contribution in [2.75, 3.05) is 6.54 Å². The van der Waals surface area contributed by atoms with Gasteiger partial charge >= 0.3 is 0 Å². The van der Waals surface area contributed by atoms with Gasteiger partial charge in [-0.05, 0) is 5.92 Å². The van der Waals surface area contributed by atoms with E-state index in [9.17, 15) is 0 Å². The minimum atomic E-state index is 0.282. The van der Waals surface area contributed by atoms with E-state index in [0.29, 0.717) is 5.92 Å². The van der Waals surface area contributed by atoms with Crippen LogP contribution in [-0.2, 0) is 0 Å². The zero-order chi connectivity index (χ0) is 4.57. The molecule has 2 atom stereocenters.